The van der Waals surface area contributed by atoms with E-state index in [9.17, 15) is 14.9 Å². The third-order valence-corrected chi connectivity index (χ3v) is 5.75. The number of nitrogens with one attached hydrogen (secondary N) is 2. The summed E-state index contributed by atoms with van der Waals surface area (Å²) in [6.07, 6.45) is 3.32. The van der Waals surface area contributed by atoms with Gasteiger partial charge in [-0.2, -0.15) is 0 Å². The summed E-state index contributed by atoms with van der Waals surface area (Å²) in [6.45, 7) is 8.39. The maximum Gasteiger partial charge on any atom is 0.287 e. The van der Waals surface area contributed by atoms with Gasteiger partial charge >= 0.3 is 0 Å². The molecule has 154 valence electrons. The molecule has 1 aromatic heterocycles. The first-order valence-electron chi connectivity index (χ1n) is 10.1. The van der Waals surface area contributed by atoms with Crippen molar-refractivity contribution in [2.75, 3.05) is 5.32 Å². The predicted molar refractivity (Wildman–Crippen MR) is 113 cm³/mol. The standard InChI is InChI=1S/C22H28N4O3/c1-13(2)15(4)24-20-7-5-6-19(14(20)3)22(27)25-17-8-9-21-16(10-17)11-18(12-23-21)26(28)29/h5-7,11-13,15,17,24H,8-10H2,1-4H3,(H,25,27)/t15-,17-/m0/s1. The highest BCUT2D eigenvalue weighted by Crippen LogP contribution is 2.25. The molecule has 1 amide bonds. The lowest BCUT2D eigenvalue weighted by atomic mass is 9.91. The summed E-state index contributed by atoms with van der Waals surface area (Å²) < 4.78 is 0. The van der Waals surface area contributed by atoms with E-state index >= 15 is 0 Å². The van der Waals surface area contributed by atoms with Crippen LogP contribution in [0.3, 0.4) is 0 Å². The first-order chi connectivity index (χ1) is 13.8. The number of carbonyl (C=O) groups excluding carboxylic acids is 1. The average Bonchev–Trinajstić information content (AvgIpc) is 2.68. The normalized spacial score (nSPS) is 16.8. The topological polar surface area (TPSA) is 97.2 Å². The fraction of sp³-hybridized carbons (Fsp3) is 0.455. The number of fused-ring (bicyclic) bond motifs is 1. The van der Waals surface area contributed by atoms with Crippen LogP contribution in [0.1, 0.15) is 54.4 Å². The van der Waals surface area contributed by atoms with E-state index in [1.54, 1.807) is 6.07 Å². The summed E-state index contributed by atoms with van der Waals surface area (Å²) in [5.74, 6) is 0.363. The lowest BCUT2D eigenvalue weighted by Crippen LogP contribution is -2.39. The molecule has 7 heteroatoms. The minimum absolute atomic E-state index is 0.00961. The summed E-state index contributed by atoms with van der Waals surface area (Å²) >= 11 is 0. The molecular weight excluding hydrogens is 368 g/mol. The second-order valence-electron chi connectivity index (χ2n) is 8.12. The van der Waals surface area contributed by atoms with Crippen LogP contribution >= 0.6 is 0 Å². The molecule has 0 aliphatic heterocycles. The van der Waals surface area contributed by atoms with Crippen molar-refractivity contribution in [3.05, 3.63) is 63.0 Å². The van der Waals surface area contributed by atoms with Crippen molar-refractivity contribution in [3.8, 4) is 0 Å². The van der Waals surface area contributed by atoms with Gasteiger partial charge in [-0.15, -0.1) is 0 Å². The van der Waals surface area contributed by atoms with Crippen LogP contribution in [0.2, 0.25) is 0 Å². The van der Waals surface area contributed by atoms with E-state index in [-0.39, 0.29) is 17.6 Å². The van der Waals surface area contributed by atoms with Crippen molar-refractivity contribution in [1.82, 2.24) is 10.3 Å². The summed E-state index contributed by atoms with van der Waals surface area (Å²) in [6, 6.07) is 7.52. The van der Waals surface area contributed by atoms with E-state index in [0.29, 0.717) is 30.4 Å². The highest BCUT2D eigenvalue weighted by atomic mass is 16.6. The summed E-state index contributed by atoms with van der Waals surface area (Å²) in [5, 5.41) is 17.6. The maximum absolute atomic E-state index is 12.9. The first kappa shape index (κ1) is 20.8. The van der Waals surface area contributed by atoms with Crippen molar-refractivity contribution < 1.29 is 9.72 Å². The summed E-state index contributed by atoms with van der Waals surface area (Å²) in [5.41, 5.74) is 4.25. The van der Waals surface area contributed by atoms with Gasteiger partial charge in [0, 0.05) is 35.1 Å². The Labute approximate surface area is 171 Å². The minimum atomic E-state index is -0.435. The zero-order chi connectivity index (χ0) is 21.1. The van der Waals surface area contributed by atoms with Gasteiger partial charge in [-0.05, 0) is 62.3 Å². The molecule has 0 bridgehead atoms. The Balaban J connectivity index is 1.73. The molecule has 1 heterocycles. The first-order valence-corrected chi connectivity index (χ1v) is 10.1. The van der Waals surface area contributed by atoms with Crippen LogP contribution in [0.15, 0.2) is 30.5 Å². The largest absolute Gasteiger partial charge is 0.382 e. The number of benzene rings is 1. The lowest BCUT2D eigenvalue weighted by molar-refractivity contribution is -0.385. The highest BCUT2D eigenvalue weighted by molar-refractivity contribution is 5.97. The van der Waals surface area contributed by atoms with E-state index in [4.69, 9.17) is 0 Å². The molecule has 1 aromatic carbocycles. The summed E-state index contributed by atoms with van der Waals surface area (Å²) in [4.78, 5) is 27.7. The number of hydrogen-bond acceptors (Lipinski definition) is 5. The molecule has 3 rings (SSSR count). The monoisotopic (exact) mass is 396 g/mol. The number of aromatic nitrogens is 1. The second-order valence-corrected chi connectivity index (χ2v) is 8.12. The molecule has 0 fully saturated rings. The van der Waals surface area contributed by atoms with Gasteiger partial charge in [-0.25, -0.2) is 0 Å². The Bertz CT molecular complexity index is 926. The van der Waals surface area contributed by atoms with Gasteiger partial charge < -0.3 is 10.6 Å². The Morgan fingerprint density at radius 1 is 1.31 bits per heavy atom. The molecule has 2 aromatic rings. The van der Waals surface area contributed by atoms with E-state index in [2.05, 4.69) is 36.4 Å². The number of amides is 1. The van der Waals surface area contributed by atoms with Crippen LogP contribution in [-0.2, 0) is 12.8 Å². The number of hydrogen-bond donors (Lipinski definition) is 2. The fourth-order valence-electron chi connectivity index (χ4n) is 3.54. The molecule has 0 spiro atoms. The zero-order valence-electron chi connectivity index (χ0n) is 17.4. The Kier molecular flexibility index (Phi) is 6.15. The van der Waals surface area contributed by atoms with Crippen LogP contribution in [-0.4, -0.2) is 27.9 Å². The van der Waals surface area contributed by atoms with Gasteiger partial charge in [0.25, 0.3) is 11.6 Å². The van der Waals surface area contributed by atoms with E-state index < -0.39 is 4.92 Å². The smallest absolute Gasteiger partial charge is 0.287 e. The molecule has 1 aliphatic carbocycles. The third kappa shape index (κ3) is 4.72. The number of aryl methyl sites for hydroxylation is 1. The number of anilines is 1. The van der Waals surface area contributed by atoms with Crippen molar-refractivity contribution in [1.29, 1.82) is 0 Å². The molecule has 1 aliphatic rings. The van der Waals surface area contributed by atoms with Gasteiger partial charge in [0.1, 0.15) is 6.20 Å². The number of nitrogens with zero attached hydrogens (tertiary/aromatic N) is 2. The molecule has 29 heavy (non-hydrogen) atoms. The SMILES string of the molecule is Cc1c(N[C@@H](C)C(C)C)cccc1C(=O)N[C@H]1CCc2ncc([N+](=O)[O-])cc2C1. The van der Waals surface area contributed by atoms with Gasteiger partial charge in [0.2, 0.25) is 0 Å². The van der Waals surface area contributed by atoms with E-state index in [0.717, 1.165) is 28.9 Å². The predicted octanol–water partition coefficient (Wildman–Crippen LogP) is 4.04. The molecule has 0 unspecified atom stereocenters. The molecular formula is C22H28N4O3. The van der Waals surface area contributed by atoms with Gasteiger partial charge in [0.15, 0.2) is 0 Å². The highest BCUT2D eigenvalue weighted by Gasteiger charge is 2.24. The van der Waals surface area contributed by atoms with E-state index in [1.807, 2.05) is 25.1 Å². The van der Waals surface area contributed by atoms with Crippen LogP contribution < -0.4 is 10.6 Å². The van der Waals surface area contributed by atoms with Crippen LogP contribution in [0.25, 0.3) is 0 Å². The van der Waals surface area contributed by atoms with Crippen LogP contribution in [0.4, 0.5) is 11.4 Å². The zero-order valence-corrected chi connectivity index (χ0v) is 17.4. The molecule has 0 saturated heterocycles. The Morgan fingerprint density at radius 3 is 2.76 bits per heavy atom. The lowest BCUT2D eigenvalue weighted by Gasteiger charge is -2.25. The van der Waals surface area contributed by atoms with Crippen molar-refractivity contribution in [2.45, 2.75) is 59.0 Å². The quantitative estimate of drug-likeness (QED) is 0.567. The molecule has 2 N–H and O–H groups in total. The van der Waals surface area contributed by atoms with Crippen molar-refractivity contribution in [2.24, 2.45) is 5.92 Å². The van der Waals surface area contributed by atoms with E-state index in [1.165, 1.54) is 6.20 Å². The van der Waals surface area contributed by atoms with Gasteiger partial charge in [-0.1, -0.05) is 19.9 Å². The van der Waals surface area contributed by atoms with Crippen LogP contribution in [0, 0.1) is 23.0 Å². The second kappa shape index (κ2) is 8.59. The third-order valence-electron chi connectivity index (χ3n) is 5.75. The molecule has 2 atom stereocenters. The maximum atomic E-state index is 12.9. The Hall–Kier alpha value is -2.96. The number of nitro groups is 1. The number of pyridine rings is 1. The molecule has 0 saturated carbocycles. The minimum Gasteiger partial charge on any atom is -0.382 e. The Morgan fingerprint density at radius 2 is 2.07 bits per heavy atom. The van der Waals surface area contributed by atoms with Crippen molar-refractivity contribution in [3.63, 3.8) is 0 Å². The van der Waals surface area contributed by atoms with Gasteiger partial charge in [0.05, 0.1) is 4.92 Å². The fourth-order valence-corrected chi connectivity index (χ4v) is 3.54. The number of rotatable bonds is 6. The number of carbonyl (C=O) groups is 1. The van der Waals surface area contributed by atoms with Gasteiger partial charge in [-0.3, -0.25) is 19.9 Å². The molecule has 0 radical (unpaired) electrons. The molecule has 7 nitrogen and oxygen atoms in total. The summed E-state index contributed by atoms with van der Waals surface area (Å²) in [7, 11) is 0. The average molecular weight is 396 g/mol. The van der Waals surface area contributed by atoms with Crippen LogP contribution in [0.5, 0.6) is 0 Å². The van der Waals surface area contributed by atoms with Crippen molar-refractivity contribution >= 4 is 17.3 Å².